The first kappa shape index (κ1) is 21.5. The van der Waals surface area contributed by atoms with Crippen LogP contribution in [0.3, 0.4) is 0 Å². The van der Waals surface area contributed by atoms with E-state index in [9.17, 15) is 19.2 Å². The Bertz CT molecular complexity index is 1390. The predicted octanol–water partition coefficient (Wildman–Crippen LogP) is 3.79. The van der Waals surface area contributed by atoms with Gasteiger partial charge in [0.05, 0.1) is 35.1 Å². The fourth-order valence-corrected chi connectivity index (χ4v) is 6.75. The zero-order valence-corrected chi connectivity index (χ0v) is 19.4. The van der Waals surface area contributed by atoms with E-state index in [1.807, 2.05) is 55.5 Å². The highest BCUT2D eigenvalue weighted by molar-refractivity contribution is 6.26. The molecular weight excluding hydrogens is 442 g/mol. The van der Waals surface area contributed by atoms with Crippen molar-refractivity contribution < 1.29 is 23.9 Å². The number of hydrogen-bond acceptors (Lipinski definition) is 5. The molecule has 6 heteroatoms. The lowest BCUT2D eigenvalue weighted by molar-refractivity contribution is -0.129. The summed E-state index contributed by atoms with van der Waals surface area (Å²) in [5.41, 5.74) is 1.51. The summed E-state index contributed by atoms with van der Waals surface area (Å²) in [6.07, 6.45) is 0.840. The third kappa shape index (κ3) is 2.39. The normalized spacial score (nSPS) is 27.8. The Morgan fingerprint density at radius 1 is 0.857 bits per heavy atom. The minimum Gasteiger partial charge on any atom is -0.462 e. The fraction of sp³-hybridized carbons (Fsp3) is 0.241. The molecule has 4 aliphatic rings. The summed E-state index contributed by atoms with van der Waals surface area (Å²) in [7, 11) is 0. The van der Waals surface area contributed by atoms with E-state index in [4.69, 9.17) is 4.74 Å². The number of amides is 2. The van der Waals surface area contributed by atoms with Crippen LogP contribution in [0.25, 0.3) is 0 Å². The van der Waals surface area contributed by atoms with E-state index in [-0.39, 0.29) is 17.9 Å². The van der Waals surface area contributed by atoms with Crippen molar-refractivity contribution in [2.75, 3.05) is 11.5 Å². The minimum atomic E-state index is -1.30. The van der Waals surface area contributed by atoms with Crippen LogP contribution >= 0.6 is 0 Å². The SMILES string of the molecule is CCOC(=O)c1ccccc1N1C(=O)[C@@H]2[C@@H](C1=O)C1(C=O)c3ccccc3C2(C)c2ccccc21. The maximum Gasteiger partial charge on any atom is 0.340 e. The second-order valence-electron chi connectivity index (χ2n) is 9.49. The molecule has 3 aliphatic carbocycles. The highest BCUT2D eigenvalue weighted by Gasteiger charge is 2.72. The number of imide groups is 1. The summed E-state index contributed by atoms with van der Waals surface area (Å²) in [5.74, 6) is -3.20. The number of ether oxygens (including phenoxy) is 1. The Morgan fingerprint density at radius 2 is 1.37 bits per heavy atom. The number of carbonyl (C=O) groups excluding carboxylic acids is 4. The molecule has 0 N–H and O–H groups in total. The second kappa shape index (κ2) is 7.22. The van der Waals surface area contributed by atoms with E-state index in [0.717, 1.165) is 33.4 Å². The predicted molar refractivity (Wildman–Crippen MR) is 128 cm³/mol. The molecule has 2 amide bonds. The van der Waals surface area contributed by atoms with E-state index in [0.29, 0.717) is 0 Å². The molecule has 7 rings (SSSR count). The quantitative estimate of drug-likeness (QED) is 0.333. The van der Waals surface area contributed by atoms with Crippen LogP contribution in [0.2, 0.25) is 0 Å². The standard InChI is InChI=1S/C29H23NO5/c1-3-35-27(34)17-10-4-9-15-22(17)30-25(32)23-24(26(30)33)29(16-31)20-13-7-5-11-18(20)28(23,2)19-12-6-8-14-21(19)29/h4-16,23-24H,3H2,1-2H3/t23-,24-,28?,29?/m0/s1. The van der Waals surface area contributed by atoms with Gasteiger partial charge >= 0.3 is 5.97 Å². The Labute approximate surface area is 202 Å². The molecule has 0 unspecified atom stereocenters. The van der Waals surface area contributed by atoms with Crippen molar-refractivity contribution in [3.05, 3.63) is 101 Å². The van der Waals surface area contributed by atoms with Crippen LogP contribution in [0.15, 0.2) is 72.8 Å². The van der Waals surface area contributed by atoms with Crippen LogP contribution in [0.4, 0.5) is 5.69 Å². The minimum absolute atomic E-state index is 0.141. The smallest absolute Gasteiger partial charge is 0.340 e. The number of nitrogens with zero attached hydrogens (tertiary/aromatic N) is 1. The molecule has 35 heavy (non-hydrogen) atoms. The molecule has 3 aromatic carbocycles. The number of para-hydroxylation sites is 1. The fourth-order valence-electron chi connectivity index (χ4n) is 6.75. The Kier molecular flexibility index (Phi) is 4.43. The van der Waals surface area contributed by atoms with Gasteiger partial charge < -0.3 is 9.53 Å². The number of rotatable bonds is 4. The number of esters is 1. The largest absolute Gasteiger partial charge is 0.462 e. The number of aldehydes is 1. The maximum atomic E-state index is 14.2. The van der Waals surface area contributed by atoms with Crippen molar-refractivity contribution in [3.63, 3.8) is 0 Å². The first-order valence-electron chi connectivity index (χ1n) is 11.7. The molecular formula is C29H23NO5. The zero-order valence-electron chi connectivity index (χ0n) is 19.4. The number of carbonyl (C=O) groups is 4. The lowest BCUT2D eigenvalue weighted by Crippen LogP contribution is -2.61. The van der Waals surface area contributed by atoms with Crippen LogP contribution in [-0.2, 0) is 30.0 Å². The van der Waals surface area contributed by atoms with E-state index in [1.54, 1.807) is 31.2 Å². The Balaban J connectivity index is 1.63. The van der Waals surface area contributed by atoms with Gasteiger partial charge in [0.15, 0.2) is 0 Å². The summed E-state index contributed by atoms with van der Waals surface area (Å²) >= 11 is 0. The van der Waals surface area contributed by atoms with E-state index < -0.39 is 40.4 Å². The second-order valence-corrected chi connectivity index (χ2v) is 9.49. The van der Waals surface area contributed by atoms with Gasteiger partial charge in [0.25, 0.3) is 0 Å². The lowest BCUT2D eigenvalue weighted by Gasteiger charge is -2.56. The third-order valence-corrected chi connectivity index (χ3v) is 8.11. The average Bonchev–Trinajstić information content (AvgIpc) is 3.16. The zero-order chi connectivity index (χ0) is 24.5. The Hall–Kier alpha value is -4.06. The first-order chi connectivity index (χ1) is 16.9. The number of anilines is 1. The number of benzene rings is 3. The van der Waals surface area contributed by atoms with E-state index >= 15 is 0 Å². The lowest BCUT2D eigenvalue weighted by atomic mass is 9.42. The average molecular weight is 466 g/mol. The van der Waals surface area contributed by atoms with Gasteiger partial charge in [-0.3, -0.25) is 9.59 Å². The van der Waals surface area contributed by atoms with E-state index in [1.165, 1.54) is 0 Å². The number of hydrogen-bond donors (Lipinski definition) is 0. The van der Waals surface area contributed by atoms with Gasteiger partial charge in [-0.2, -0.15) is 0 Å². The van der Waals surface area contributed by atoms with Crippen molar-refractivity contribution in [2.24, 2.45) is 11.8 Å². The molecule has 1 heterocycles. The summed E-state index contributed by atoms with van der Waals surface area (Å²) in [4.78, 5) is 55.3. The van der Waals surface area contributed by atoms with Crippen molar-refractivity contribution in [2.45, 2.75) is 24.7 Å². The molecule has 2 atom stereocenters. The summed E-state index contributed by atoms with van der Waals surface area (Å²) < 4.78 is 5.19. The first-order valence-corrected chi connectivity index (χ1v) is 11.7. The molecule has 3 aromatic rings. The van der Waals surface area contributed by atoms with Crippen molar-refractivity contribution in [1.82, 2.24) is 0 Å². The summed E-state index contributed by atoms with van der Waals surface area (Å²) in [6.45, 7) is 3.85. The van der Waals surface area contributed by atoms with Gasteiger partial charge in [0.1, 0.15) is 6.29 Å². The molecule has 1 aliphatic heterocycles. The molecule has 0 saturated carbocycles. The van der Waals surface area contributed by atoms with Gasteiger partial charge in [-0.15, -0.1) is 0 Å². The van der Waals surface area contributed by atoms with E-state index in [2.05, 4.69) is 0 Å². The van der Waals surface area contributed by atoms with Crippen LogP contribution in [0.1, 0.15) is 46.5 Å². The molecule has 0 spiro atoms. The molecule has 1 fully saturated rings. The van der Waals surface area contributed by atoms with Crippen LogP contribution in [0.5, 0.6) is 0 Å². The van der Waals surface area contributed by atoms with Gasteiger partial charge in [-0.05, 0) is 41.3 Å². The van der Waals surface area contributed by atoms with Gasteiger partial charge in [-0.25, -0.2) is 9.69 Å². The summed E-state index contributed by atoms with van der Waals surface area (Å²) in [6, 6.07) is 21.7. The van der Waals surface area contributed by atoms with Gasteiger partial charge in [-0.1, -0.05) is 67.6 Å². The molecule has 0 aromatic heterocycles. The highest BCUT2D eigenvalue weighted by Crippen LogP contribution is 2.66. The molecule has 1 saturated heterocycles. The van der Waals surface area contributed by atoms with Crippen molar-refractivity contribution >= 4 is 29.8 Å². The Morgan fingerprint density at radius 3 is 1.94 bits per heavy atom. The molecule has 6 nitrogen and oxygen atoms in total. The molecule has 2 bridgehead atoms. The molecule has 0 radical (unpaired) electrons. The third-order valence-electron chi connectivity index (χ3n) is 8.11. The van der Waals surface area contributed by atoms with Crippen LogP contribution in [-0.4, -0.2) is 30.7 Å². The van der Waals surface area contributed by atoms with Gasteiger partial charge in [0, 0.05) is 5.41 Å². The van der Waals surface area contributed by atoms with Gasteiger partial charge in [0.2, 0.25) is 11.8 Å². The topological polar surface area (TPSA) is 80.8 Å². The van der Waals surface area contributed by atoms with Crippen LogP contribution in [0, 0.1) is 11.8 Å². The van der Waals surface area contributed by atoms with Crippen molar-refractivity contribution in [3.8, 4) is 0 Å². The highest BCUT2D eigenvalue weighted by atomic mass is 16.5. The summed E-state index contributed by atoms with van der Waals surface area (Å²) in [5, 5.41) is 0. The maximum absolute atomic E-state index is 14.2. The molecule has 174 valence electrons. The monoisotopic (exact) mass is 465 g/mol. The van der Waals surface area contributed by atoms with Crippen LogP contribution < -0.4 is 4.90 Å². The van der Waals surface area contributed by atoms with Crippen molar-refractivity contribution in [1.29, 1.82) is 0 Å².